The molecule has 0 bridgehead atoms. The van der Waals surface area contributed by atoms with Crippen molar-refractivity contribution in [3.63, 3.8) is 0 Å². The Bertz CT molecular complexity index is 1520. The summed E-state index contributed by atoms with van der Waals surface area (Å²) in [5.74, 6) is -1.59. The predicted octanol–water partition coefficient (Wildman–Crippen LogP) is 6.33. The molecule has 2 unspecified atom stereocenters. The molecular weight excluding hydrogens is 511 g/mol. The third-order valence-electron chi connectivity index (χ3n) is 7.51. The Morgan fingerprint density at radius 2 is 1.19 bits per heavy atom. The maximum absolute atomic E-state index is 14.6. The van der Waals surface area contributed by atoms with Gasteiger partial charge in [-0.3, -0.25) is 19.7 Å². The van der Waals surface area contributed by atoms with E-state index in [1.165, 1.54) is 30.3 Å². The number of piperidine rings is 1. The van der Waals surface area contributed by atoms with Crippen LogP contribution < -0.4 is 4.90 Å². The fraction of sp³-hybridized carbons (Fsp3) is 0.103. The van der Waals surface area contributed by atoms with Gasteiger partial charge >= 0.3 is 0 Å². The molecule has 2 amide bonds. The molecule has 1 heterocycles. The van der Waals surface area contributed by atoms with Crippen LogP contribution in [0.1, 0.15) is 16.7 Å². The summed E-state index contributed by atoms with van der Waals surface area (Å²) in [6.07, 6.45) is 0. The van der Waals surface area contributed by atoms with Crippen LogP contribution in [0.15, 0.2) is 103 Å². The fourth-order valence-corrected chi connectivity index (χ4v) is 6.69. The second kappa shape index (κ2) is 8.26. The Hall–Kier alpha value is -4.00. The second-order valence-electron chi connectivity index (χ2n) is 9.19. The van der Waals surface area contributed by atoms with Gasteiger partial charge in [-0.2, -0.15) is 0 Å². The monoisotopic (exact) mass is 528 g/mol. The van der Waals surface area contributed by atoms with E-state index in [0.29, 0.717) is 15.6 Å². The van der Waals surface area contributed by atoms with Crippen LogP contribution in [-0.4, -0.2) is 16.7 Å². The first-order valence-electron chi connectivity index (χ1n) is 11.5. The van der Waals surface area contributed by atoms with Crippen LogP contribution in [0.4, 0.5) is 11.4 Å². The summed E-state index contributed by atoms with van der Waals surface area (Å²) in [6, 6.07) is 29.4. The molecular formula is C29H18Cl2N2O4. The molecule has 182 valence electrons. The maximum Gasteiger partial charge on any atom is 0.269 e. The van der Waals surface area contributed by atoms with Crippen LogP contribution >= 0.6 is 23.2 Å². The molecule has 1 aliphatic carbocycles. The fourth-order valence-electron chi connectivity index (χ4n) is 6.18. The molecule has 6 rings (SSSR count). The molecule has 0 N–H and O–H groups in total. The van der Waals surface area contributed by atoms with Gasteiger partial charge in [0.25, 0.3) is 5.69 Å². The zero-order valence-corrected chi connectivity index (χ0v) is 20.7. The summed E-state index contributed by atoms with van der Waals surface area (Å²) in [7, 11) is 0. The van der Waals surface area contributed by atoms with Crippen LogP contribution in [-0.2, 0) is 20.4 Å². The average Bonchev–Trinajstić information content (AvgIpc) is 3.48. The summed E-state index contributed by atoms with van der Waals surface area (Å²) in [4.78, 5) is 40.8. The van der Waals surface area contributed by atoms with Crippen molar-refractivity contribution in [2.24, 2.45) is 5.92 Å². The second-order valence-corrected chi connectivity index (χ2v) is 10.1. The number of benzene rings is 4. The lowest BCUT2D eigenvalue weighted by Crippen LogP contribution is -2.44. The molecule has 1 saturated carbocycles. The van der Waals surface area contributed by atoms with E-state index in [-0.39, 0.29) is 17.3 Å². The van der Waals surface area contributed by atoms with Crippen LogP contribution in [0, 0.1) is 16.0 Å². The molecule has 6 nitrogen and oxygen atoms in total. The lowest BCUT2D eigenvalue weighted by atomic mass is 9.76. The first-order chi connectivity index (χ1) is 17.8. The molecule has 0 spiro atoms. The summed E-state index contributed by atoms with van der Waals surface area (Å²) in [5, 5.41) is 12.0. The summed E-state index contributed by atoms with van der Waals surface area (Å²) in [5.41, 5.74) is 0.0264. The van der Waals surface area contributed by atoms with E-state index >= 15 is 0 Å². The summed E-state index contributed by atoms with van der Waals surface area (Å²) >= 11 is 12.4. The number of hydrogen-bond acceptors (Lipinski definition) is 4. The van der Waals surface area contributed by atoms with Gasteiger partial charge in [0.05, 0.1) is 21.9 Å². The Morgan fingerprint density at radius 1 is 0.703 bits per heavy atom. The molecule has 4 aromatic carbocycles. The average molecular weight is 529 g/mol. The van der Waals surface area contributed by atoms with Crippen molar-refractivity contribution in [2.45, 2.75) is 10.8 Å². The number of non-ortho nitro benzene ring substituents is 1. The highest BCUT2D eigenvalue weighted by Gasteiger charge is 2.89. The molecule has 2 atom stereocenters. The number of carbonyl (C=O) groups excluding carboxylic acids is 2. The van der Waals surface area contributed by atoms with Gasteiger partial charge in [0, 0.05) is 22.2 Å². The Labute approximate surface area is 222 Å². The number of hydrogen-bond donors (Lipinski definition) is 0. The highest BCUT2D eigenvalue weighted by molar-refractivity contribution is 6.37. The zero-order chi connectivity index (χ0) is 25.9. The number of carbonyl (C=O) groups is 2. The third-order valence-corrected chi connectivity index (χ3v) is 7.95. The highest BCUT2D eigenvalue weighted by atomic mass is 35.5. The first kappa shape index (κ1) is 23.4. The molecule has 0 aromatic heterocycles. The molecule has 1 aliphatic heterocycles. The zero-order valence-electron chi connectivity index (χ0n) is 19.2. The van der Waals surface area contributed by atoms with E-state index in [2.05, 4.69) is 0 Å². The molecule has 0 radical (unpaired) electrons. The molecule has 4 aromatic rings. The topological polar surface area (TPSA) is 80.5 Å². The number of nitro benzene ring substituents is 1. The van der Waals surface area contributed by atoms with Gasteiger partial charge in [-0.15, -0.1) is 0 Å². The quantitative estimate of drug-likeness (QED) is 0.172. The van der Waals surface area contributed by atoms with Gasteiger partial charge in [0.1, 0.15) is 5.41 Å². The van der Waals surface area contributed by atoms with Crippen LogP contribution in [0.25, 0.3) is 0 Å². The summed E-state index contributed by atoms with van der Waals surface area (Å²) < 4.78 is 0. The Morgan fingerprint density at radius 3 is 1.68 bits per heavy atom. The Kier molecular flexibility index (Phi) is 5.23. The minimum atomic E-state index is -1.32. The van der Waals surface area contributed by atoms with Crippen molar-refractivity contribution < 1.29 is 14.5 Å². The van der Waals surface area contributed by atoms with E-state index in [0.717, 1.165) is 16.0 Å². The SMILES string of the molecule is O=C1C2C(c3ccc([N+](=O)[O-])cc3)(C(=O)N1c1cc(Cl)cc(Cl)c1)C2(c1ccccc1)c1ccccc1. The third kappa shape index (κ3) is 3.06. The lowest BCUT2D eigenvalue weighted by molar-refractivity contribution is -0.384. The minimum Gasteiger partial charge on any atom is -0.274 e. The Balaban J connectivity index is 1.64. The molecule has 8 heteroatoms. The highest BCUT2D eigenvalue weighted by Crippen LogP contribution is 2.77. The van der Waals surface area contributed by atoms with Crippen molar-refractivity contribution in [1.29, 1.82) is 0 Å². The standard InChI is InChI=1S/C29H18Cl2N2O4/c30-21-15-22(31)17-24(16-21)32-26(34)25-28(18-7-3-1-4-8-18,19-9-5-2-6-10-19)29(25,27(32)35)20-11-13-23(14-12-20)33(36)37/h1-17,25H. The summed E-state index contributed by atoms with van der Waals surface area (Å²) in [6.45, 7) is 0. The van der Waals surface area contributed by atoms with E-state index in [1.807, 2.05) is 60.7 Å². The normalized spacial score (nSPS) is 21.6. The smallest absolute Gasteiger partial charge is 0.269 e. The van der Waals surface area contributed by atoms with Gasteiger partial charge < -0.3 is 0 Å². The number of fused-ring (bicyclic) bond motifs is 1. The van der Waals surface area contributed by atoms with Crippen LogP contribution in [0.3, 0.4) is 0 Å². The maximum atomic E-state index is 14.6. The van der Waals surface area contributed by atoms with Gasteiger partial charge in [-0.05, 0) is 34.9 Å². The van der Waals surface area contributed by atoms with E-state index in [1.54, 1.807) is 12.1 Å². The molecule has 37 heavy (non-hydrogen) atoms. The lowest BCUT2D eigenvalue weighted by Gasteiger charge is -2.31. The first-order valence-corrected chi connectivity index (χ1v) is 12.3. The number of halogens is 2. The van der Waals surface area contributed by atoms with Gasteiger partial charge in [-0.25, -0.2) is 4.90 Å². The van der Waals surface area contributed by atoms with Crippen molar-refractivity contribution >= 4 is 46.4 Å². The van der Waals surface area contributed by atoms with Gasteiger partial charge in [0.2, 0.25) is 11.8 Å². The number of rotatable bonds is 5. The van der Waals surface area contributed by atoms with Gasteiger partial charge in [-0.1, -0.05) is 96.0 Å². The van der Waals surface area contributed by atoms with Crippen LogP contribution in [0.5, 0.6) is 0 Å². The predicted molar refractivity (Wildman–Crippen MR) is 141 cm³/mol. The molecule has 2 fully saturated rings. The number of nitro groups is 1. The molecule has 1 saturated heterocycles. The van der Waals surface area contributed by atoms with Gasteiger partial charge in [0.15, 0.2) is 0 Å². The number of amides is 2. The van der Waals surface area contributed by atoms with Crippen LogP contribution in [0.2, 0.25) is 10.0 Å². The van der Waals surface area contributed by atoms with Crippen molar-refractivity contribution in [2.75, 3.05) is 4.90 Å². The minimum absolute atomic E-state index is 0.0994. The van der Waals surface area contributed by atoms with Crippen molar-refractivity contribution in [1.82, 2.24) is 0 Å². The number of nitrogens with zero attached hydrogens (tertiary/aromatic N) is 2. The molecule has 2 aliphatic rings. The number of imide groups is 1. The number of anilines is 1. The van der Waals surface area contributed by atoms with Crippen molar-refractivity contribution in [3.8, 4) is 0 Å². The largest absolute Gasteiger partial charge is 0.274 e. The van der Waals surface area contributed by atoms with E-state index in [4.69, 9.17) is 23.2 Å². The van der Waals surface area contributed by atoms with E-state index < -0.39 is 27.6 Å². The van der Waals surface area contributed by atoms with E-state index in [9.17, 15) is 19.7 Å². The van der Waals surface area contributed by atoms with Crippen molar-refractivity contribution in [3.05, 3.63) is 140 Å².